The SMILES string of the molecule is N#Cc1cc(F)ccc1NCc1nnc2n1CCCCC2. The van der Waals surface area contributed by atoms with Gasteiger partial charge in [-0.2, -0.15) is 5.26 Å². The van der Waals surface area contributed by atoms with Crippen molar-refractivity contribution in [2.75, 3.05) is 5.32 Å². The van der Waals surface area contributed by atoms with Crippen molar-refractivity contribution in [1.82, 2.24) is 14.8 Å². The molecule has 0 atom stereocenters. The molecule has 1 N–H and O–H groups in total. The summed E-state index contributed by atoms with van der Waals surface area (Å²) in [6.45, 7) is 1.42. The minimum Gasteiger partial charge on any atom is -0.377 e. The molecule has 1 aromatic heterocycles. The highest BCUT2D eigenvalue weighted by Crippen LogP contribution is 2.18. The molecule has 21 heavy (non-hydrogen) atoms. The third-order valence-corrected chi connectivity index (χ3v) is 3.73. The number of rotatable bonds is 3. The molecule has 5 nitrogen and oxygen atoms in total. The standard InChI is InChI=1S/C15H16FN5/c16-12-5-6-13(11(8-12)9-17)18-10-15-20-19-14-4-2-1-3-7-21(14)15/h5-6,8,18H,1-4,7,10H2. The van der Waals surface area contributed by atoms with Gasteiger partial charge < -0.3 is 9.88 Å². The number of nitrogens with zero attached hydrogens (tertiary/aromatic N) is 4. The molecule has 0 radical (unpaired) electrons. The van der Waals surface area contributed by atoms with Crippen LogP contribution in [0.1, 0.15) is 36.5 Å². The average Bonchev–Trinajstić information content (AvgIpc) is 2.73. The molecule has 108 valence electrons. The van der Waals surface area contributed by atoms with Gasteiger partial charge in [-0.3, -0.25) is 0 Å². The fourth-order valence-corrected chi connectivity index (χ4v) is 2.61. The normalized spacial score (nSPS) is 14.1. The van der Waals surface area contributed by atoms with Gasteiger partial charge in [0.15, 0.2) is 5.82 Å². The maximum absolute atomic E-state index is 13.1. The number of aromatic nitrogens is 3. The molecule has 0 amide bonds. The van der Waals surface area contributed by atoms with Crippen molar-refractivity contribution in [3.05, 3.63) is 41.2 Å². The molecule has 0 saturated heterocycles. The summed E-state index contributed by atoms with van der Waals surface area (Å²) < 4.78 is 15.3. The molecule has 2 heterocycles. The molecule has 2 aromatic rings. The summed E-state index contributed by atoms with van der Waals surface area (Å²) in [6, 6.07) is 6.14. The quantitative estimate of drug-likeness (QED) is 0.941. The molecule has 3 rings (SSSR count). The number of anilines is 1. The van der Waals surface area contributed by atoms with Crippen LogP contribution in [0, 0.1) is 17.1 Å². The molecular formula is C15H16FN5. The number of fused-ring (bicyclic) bond motifs is 1. The highest BCUT2D eigenvalue weighted by Gasteiger charge is 2.14. The summed E-state index contributed by atoms with van der Waals surface area (Å²) in [6.07, 6.45) is 4.47. The van der Waals surface area contributed by atoms with Gasteiger partial charge in [0.25, 0.3) is 0 Å². The van der Waals surface area contributed by atoms with Crippen LogP contribution in [0.5, 0.6) is 0 Å². The van der Waals surface area contributed by atoms with Crippen LogP contribution in [0.3, 0.4) is 0 Å². The second-order valence-corrected chi connectivity index (χ2v) is 5.15. The molecule has 0 saturated carbocycles. The topological polar surface area (TPSA) is 66.5 Å². The largest absolute Gasteiger partial charge is 0.377 e. The molecule has 1 aliphatic rings. The van der Waals surface area contributed by atoms with E-state index in [9.17, 15) is 4.39 Å². The van der Waals surface area contributed by atoms with Crippen molar-refractivity contribution in [2.45, 2.75) is 38.8 Å². The Balaban J connectivity index is 1.77. The monoisotopic (exact) mass is 285 g/mol. The number of hydrogen-bond donors (Lipinski definition) is 1. The van der Waals surface area contributed by atoms with Crippen molar-refractivity contribution < 1.29 is 4.39 Å². The van der Waals surface area contributed by atoms with Gasteiger partial charge in [0.1, 0.15) is 17.7 Å². The highest BCUT2D eigenvalue weighted by atomic mass is 19.1. The summed E-state index contributed by atoms with van der Waals surface area (Å²) in [4.78, 5) is 0. The first-order chi connectivity index (χ1) is 10.3. The number of aryl methyl sites for hydroxylation is 1. The van der Waals surface area contributed by atoms with Gasteiger partial charge in [-0.25, -0.2) is 4.39 Å². The third-order valence-electron chi connectivity index (χ3n) is 3.73. The van der Waals surface area contributed by atoms with E-state index in [-0.39, 0.29) is 0 Å². The Morgan fingerprint density at radius 3 is 3.05 bits per heavy atom. The molecule has 0 aliphatic carbocycles. The fraction of sp³-hybridized carbons (Fsp3) is 0.400. The molecule has 0 fully saturated rings. The molecule has 6 heteroatoms. The zero-order chi connectivity index (χ0) is 14.7. The predicted octanol–water partition coefficient (Wildman–Crippen LogP) is 2.63. The number of nitrogens with one attached hydrogen (secondary N) is 1. The number of benzene rings is 1. The van der Waals surface area contributed by atoms with E-state index >= 15 is 0 Å². The second-order valence-electron chi connectivity index (χ2n) is 5.15. The molecule has 0 spiro atoms. The summed E-state index contributed by atoms with van der Waals surface area (Å²) >= 11 is 0. The zero-order valence-corrected chi connectivity index (χ0v) is 11.6. The summed E-state index contributed by atoms with van der Waals surface area (Å²) in [5.41, 5.74) is 0.912. The van der Waals surface area contributed by atoms with Gasteiger partial charge in [-0.05, 0) is 31.0 Å². The van der Waals surface area contributed by atoms with Crippen molar-refractivity contribution in [3.63, 3.8) is 0 Å². The minimum atomic E-state index is -0.409. The first kappa shape index (κ1) is 13.6. The van der Waals surface area contributed by atoms with Crippen molar-refractivity contribution in [3.8, 4) is 6.07 Å². The van der Waals surface area contributed by atoms with E-state index in [1.54, 1.807) is 6.07 Å². The molecule has 0 bridgehead atoms. The maximum atomic E-state index is 13.1. The predicted molar refractivity (Wildman–Crippen MR) is 76.0 cm³/mol. The van der Waals surface area contributed by atoms with Crippen molar-refractivity contribution in [2.24, 2.45) is 0 Å². The lowest BCUT2D eigenvalue weighted by molar-refractivity contribution is 0.610. The van der Waals surface area contributed by atoms with Crippen LogP contribution in [0.2, 0.25) is 0 Å². The van der Waals surface area contributed by atoms with E-state index in [1.807, 2.05) is 6.07 Å². The molecule has 1 aliphatic heterocycles. The van der Waals surface area contributed by atoms with Crippen LogP contribution in [-0.4, -0.2) is 14.8 Å². The van der Waals surface area contributed by atoms with E-state index in [4.69, 9.17) is 5.26 Å². The first-order valence-electron chi connectivity index (χ1n) is 7.12. The Bertz CT molecular complexity index is 686. The third kappa shape index (κ3) is 2.87. The van der Waals surface area contributed by atoms with E-state index in [0.29, 0.717) is 17.8 Å². The van der Waals surface area contributed by atoms with Gasteiger partial charge in [0, 0.05) is 13.0 Å². The second kappa shape index (κ2) is 5.92. The molecular weight excluding hydrogens is 269 g/mol. The van der Waals surface area contributed by atoms with E-state index < -0.39 is 5.82 Å². The van der Waals surface area contributed by atoms with Crippen molar-refractivity contribution >= 4 is 5.69 Å². The van der Waals surface area contributed by atoms with Crippen LogP contribution in [0.25, 0.3) is 0 Å². The lowest BCUT2D eigenvalue weighted by Crippen LogP contribution is -2.11. The Morgan fingerprint density at radius 2 is 2.19 bits per heavy atom. The van der Waals surface area contributed by atoms with Crippen molar-refractivity contribution in [1.29, 1.82) is 5.26 Å². The molecule has 1 aromatic carbocycles. The lowest BCUT2D eigenvalue weighted by Gasteiger charge is -2.10. The van der Waals surface area contributed by atoms with E-state index in [2.05, 4.69) is 20.1 Å². The van der Waals surface area contributed by atoms with Crippen LogP contribution < -0.4 is 5.32 Å². The minimum absolute atomic E-state index is 0.297. The number of hydrogen-bond acceptors (Lipinski definition) is 4. The van der Waals surface area contributed by atoms with E-state index in [1.165, 1.54) is 18.6 Å². The van der Waals surface area contributed by atoms with Gasteiger partial charge >= 0.3 is 0 Å². The van der Waals surface area contributed by atoms with Crippen LogP contribution in [0.15, 0.2) is 18.2 Å². The van der Waals surface area contributed by atoms with Crippen LogP contribution in [0.4, 0.5) is 10.1 Å². The fourth-order valence-electron chi connectivity index (χ4n) is 2.61. The summed E-state index contributed by atoms with van der Waals surface area (Å²) in [5.74, 6) is 1.48. The van der Waals surface area contributed by atoms with Crippen LogP contribution in [-0.2, 0) is 19.5 Å². The Hall–Kier alpha value is -2.42. The average molecular weight is 285 g/mol. The number of nitriles is 1. The Kier molecular flexibility index (Phi) is 3.82. The Labute approximate surface area is 122 Å². The van der Waals surface area contributed by atoms with Gasteiger partial charge in [0.2, 0.25) is 0 Å². The first-order valence-corrected chi connectivity index (χ1v) is 7.12. The van der Waals surface area contributed by atoms with Gasteiger partial charge in [-0.15, -0.1) is 10.2 Å². The van der Waals surface area contributed by atoms with Gasteiger partial charge in [-0.1, -0.05) is 6.42 Å². The lowest BCUT2D eigenvalue weighted by atomic mass is 10.2. The smallest absolute Gasteiger partial charge is 0.152 e. The zero-order valence-electron chi connectivity index (χ0n) is 11.6. The maximum Gasteiger partial charge on any atom is 0.152 e. The summed E-state index contributed by atoms with van der Waals surface area (Å²) in [5, 5.41) is 20.6. The molecule has 0 unspecified atom stereocenters. The summed E-state index contributed by atoms with van der Waals surface area (Å²) in [7, 11) is 0. The van der Waals surface area contributed by atoms with Crippen LogP contribution >= 0.6 is 0 Å². The highest BCUT2D eigenvalue weighted by molar-refractivity contribution is 5.57. The number of halogens is 1. The van der Waals surface area contributed by atoms with Gasteiger partial charge in [0.05, 0.1) is 17.8 Å². The Morgan fingerprint density at radius 1 is 1.29 bits per heavy atom. The van der Waals surface area contributed by atoms with E-state index in [0.717, 1.165) is 37.5 Å².